The first kappa shape index (κ1) is 9.23. The highest BCUT2D eigenvalue weighted by Gasteiger charge is 1.97. The minimum atomic E-state index is 0.110. The van der Waals surface area contributed by atoms with Crippen molar-refractivity contribution >= 4 is 0 Å². The molecule has 12 heavy (non-hydrogen) atoms. The topological polar surface area (TPSA) is 46.2 Å². The van der Waals surface area contributed by atoms with E-state index in [1.807, 2.05) is 31.2 Å². The largest absolute Gasteiger partial charge is 0.392 e. The summed E-state index contributed by atoms with van der Waals surface area (Å²) in [5, 5.41) is 8.79. The molecule has 0 spiro atoms. The Kier molecular flexibility index (Phi) is 3.26. The van der Waals surface area contributed by atoms with Crippen LogP contribution >= 0.6 is 0 Å². The molecule has 1 rings (SSSR count). The van der Waals surface area contributed by atoms with Crippen LogP contribution in [-0.2, 0) is 13.0 Å². The lowest BCUT2D eigenvalue weighted by Gasteiger charge is -2.05. The van der Waals surface area contributed by atoms with E-state index in [4.69, 9.17) is 10.8 Å². The van der Waals surface area contributed by atoms with Crippen LogP contribution in [0.4, 0.5) is 0 Å². The zero-order valence-electron chi connectivity index (χ0n) is 7.33. The summed E-state index contributed by atoms with van der Waals surface area (Å²) in [5.74, 6) is 0. The number of benzene rings is 1. The van der Waals surface area contributed by atoms with Crippen molar-refractivity contribution in [2.45, 2.75) is 26.0 Å². The van der Waals surface area contributed by atoms with Gasteiger partial charge in [-0.1, -0.05) is 24.3 Å². The van der Waals surface area contributed by atoms with E-state index in [1.165, 1.54) is 5.56 Å². The Labute approximate surface area is 73.0 Å². The second kappa shape index (κ2) is 4.24. The Balaban J connectivity index is 2.65. The molecular formula is C10H15NO. The molecule has 0 bridgehead atoms. The van der Waals surface area contributed by atoms with E-state index in [9.17, 15) is 0 Å². The van der Waals surface area contributed by atoms with Gasteiger partial charge in [0.2, 0.25) is 0 Å². The molecule has 1 aromatic rings. The SMILES string of the molecule is CC(N)Cc1ccc(CO)cc1. The van der Waals surface area contributed by atoms with Gasteiger partial charge < -0.3 is 10.8 Å². The quantitative estimate of drug-likeness (QED) is 0.703. The molecule has 1 atom stereocenters. The lowest BCUT2D eigenvalue weighted by atomic mass is 10.1. The summed E-state index contributed by atoms with van der Waals surface area (Å²) in [6.07, 6.45) is 0.895. The highest BCUT2D eigenvalue weighted by atomic mass is 16.3. The molecule has 66 valence electrons. The van der Waals surface area contributed by atoms with Gasteiger partial charge in [0, 0.05) is 6.04 Å². The average Bonchev–Trinajstić information content (AvgIpc) is 2.05. The maximum absolute atomic E-state index is 8.79. The van der Waals surface area contributed by atoms with Gasteiger partial charge in [-0.25, -0.2) is 0 Å². The molecule has 0 aliphatic rings. The number of aliphatic hydroxyl groups is 1. The smallest absolute Gasteiger partial charge is 0.0681 e. The van der Waals surface area contributed by atoms with Gasteiger partial charge in [0.05, 0.1) is 6.61 Å². The van der Waals surface area contributed by atoms with E-state index >= 15 is 0 Å². The van der Waals surface area contributed by atoms with E-state index < -0.39 is 0 Å². The first-order valence-electron chi connectivity index (χ1n) is 4.16. The number of hydrogen-bond acceptors (Lipinski definition) is 2. The predicted octanol–water partition coefficient (Wildman–Crippen LogP) is 1.07. The van der Waals surface area contributed by atoms with Gasteiger partial charge in [0.1, 0.15) is 0 Å². The molecule has 2 heteroatoms. The molecular weight excluding hydrogens is 150 g/mol. The number of hydrogen-bond donors (Lipinski definition) is 2. The molecule has 0 saturated heterocycles. The highest BCUT2D eigenvalue weighted by molar-refractivity contribution is 5.22. The van der Waals surface area contributed by atoms with Crippen molar-refractivity contribution in [3.05, 3.63) is 35.4 Å². The normalized spacial score (nSPS) is 12.9. The number of rotatable bonds is 3. The van der Waals surface area contributed by atoms with Gasteiger partial charge in [0.15, 0.2) is 0 Å². The molecule has 1 unspecified atom stereocenters. The molecule has 0 aliphatic carbocycles. The summed E-state index contributed by atoms with van der Waals surface area (Å²) < 4.78 is 0. The molecule has 3 N–H and O–H groups in total. The van der Waals surface area contributed by atoms with Crippen LogP contribution < -0.4 is 5.73 Å². The van der Waals surface area contributed by atoms with Crippen molar-refractivity contribution in [3.8, 4) is 0 Å². The van der Waals surface area contributed by atoms with Gasteiger partial charge in [-0.2, -0.15) is 0 Å². The fourth-order valence-electron chi connectivity index (χ4n) is 1.15. The lowest BCUT2D eigenvalue weighted by Crippen LogP contribution is -2.17. The summed E-state index contributed by atoms with van der Waals surface area (Å²) in [6.45, 7) is 2.10. The predicted molar refractivity (Wildman–Crippen MR) is 49.7 cm³/mol. The lowest BCUT2D eigenvalue weighted by molar-refractivity contribution is 0.282. The maximum Gasteiger partial charge on any atom is 0.0681 e. The minimum Gasteiger partial charge on any atom is -0.392 e. The number of nitrogens with two attached hydrogens (primary N) is 1. The molecule has 0 fully saturated rings. The standard InChI is InChI=1S/C10H15NO/c1-8(11)6-9-2-4-10(7-12)5-3-9/h2-5,8,12H,6-7,11H2,1H3. The van der Waals surface area contributed by atoms with Crippen LogP contribution in [0.1, 0.15) is 18.1 Å². The molecule has 0 aliphatic heterocycles. The second-order valence-electron chi connectivity index (χ2n) is 3.16. The first-order chi connectivity index (χ1) is 5.72. The minimum absolute atomic E-state index is 0.110. The Bertz CT molecular complexity index is 228. The van der Waals surface area contributed by atoms with Crippen LogP contribution in [0.2, 0.25) is 0 Å². The van der Waals surface area contributed by atoms with Crippen LogP contribution in [0.15, 0.2) is 24.3 Å². The van der Waals surface area contributed by atoms with Gasteiger partial charge in [0.25, 0.3) is 0 Å². The molecule has 0 saturated carbocycles. The molecule has 2 nitrogen and oxygen atoms in total. The van der Waals surface area contributed by atoms with Gasteiger partial charge in [-0.05, 0) is 24.5 Å². The first-order valence-corrected chi connectivity index (χ1v) is 4.16. The van der Waals surface area contributed by atoms with E-state index in [1.54, 1.807) is 0 Å². The molecule has 0 aromatic heterocycles. The Hall–Kier alpha value is -0.860. The fourth-order valence-corrected chi connectivity index (χ4v) is 1.15. The van der Waals surface area contributed by atoms with Crippen molar-refractivity contribution in [2.24, 2.45) is 5.73 Å². The zero-order valence-corrected chi connectivity index (χ0v) is 7.33. The van der Waals surface area contributed by atoms with Gasteiger partial charge in [-0.3, -0.25) is 0 Å². The molecule has 0 amide bonds. The third kappa shape index (κ3) is 2.64. The van der Waals surface area contributed by atoms with Crippen LogP contribution in [0.5, 0.6) is 0 Å². The molecule has 0 radical (unpaired) electrons. The Morgan fingerprint density at radius 3 is 2.17 bits per heavy atom. The second-order valence-corrected chi connectivity index (χ2v) is 3.16. The van der Waals surface area contributed by atoms with Crippen LogP contribution in [0.25, 0.3) is 0 Å². The van der Waals surface area contributed by atoms with Gasteiger partial charge in [-0.15, -0.1) is 0 Å². The van der Waals surface area contributed by atoms with Crippen molar-refractivity contribution in [1.82, 2.24) is 0 Å². The fraction of sp³-hybridized carbons (Fsp3) is 0.400. The summed E-state index contributed by atoms with van der Waals surface area (Å²) in [6, 6.07) is 8.07. The van der Waals surface area contributed by atoms with Crippen LogP contribution in [0, 0.1) is 0 Å². The van der Waals surface area contributed by atoms with Crippen LogP contribution in [0.3, 0.4) is 0 Å². The number of aliphatic hydroxyl groups excluding tert-OH is 1. The van der Waals surface area contributed by atoms with Crippen molar-refractivity contribution in [2.75, 3.05) is 0 Å². The molecule has 1 aromatic carbocycles. The maximum atomic E-state index is 8.79. The Morgan fingerprint density at radius 2 is 1.75 bits per heavy atom. The third-order valence-electron chi connectivity index (χ3n) is 1.76. The van der Waals surface area contributed by atoms with E-state index in [-0.39, 0.29) is 12.6 Å². The zero-order chi connectivity index (χ0) is 8.97. The average molecular weight is 165 g/mol. The summed E-state index contributed by atoms with van der Waals surface area (Å²) >= 11 is 0. The van der Waals surface area contributed by atoms with E-state index in [0.717, 1.165) is 12.0 Å². The summed E-state index contributed by atoms with van der Waals surface area (Å²) in [7, 11) is 0. The van der Waals surface area contributed by atoms with E-state index in [0.29, 0.717) is 0 Å². The highest BCUT2D eigenvalue weighted by Crippen LogP contribution is 2.05. The van der Waals surface area contributed by atoms with Crippen molar-refractivity contribution < 1.29 is 5.11 Å². The molecule has 0 heterocycles. The van der Waals surface area contributed by atoms with Crippen LogP contribution in [-0.4, -0.2) is 11.1 Å². The van der Waals surface area contributed by atoms with Crippen molar-refractivity contribution in [3.63, 3.8) is 0 Å². The monoisotopic (exact) mass is 165 g/mol. The van der Waals surface area contributed by atoms with Gasteiger partial charge >= 0.3 is 0 Å². The van der Waals surface area contributed by atoms with Crippen molar-refractivity contribution in [1.29, 1.82) is 0 Å². The third-order valence-corrected chi connectivity index (χ3v) is 1.76. The summed E-state index contributed by atoms with van der Waals surface area (Å²) in [4.78, 5) is 0. The Morgan fingerprint density at radius 1 is 1.25 bits per heavy atom. The summed E-state index contributed by atoms with van der Waals surface area (Å²) in [5.41, 5.74) is 7.82. The van der Waals surface area contributed by atoms with E-state index in [2.05, 4.69) is 0 Å².